The lowest BCUT2D eigenvalue weighted by atomic mass is 9.70. The minimum atomic E-state index is -0.485. The molecule has 0 unspecified atom stereocenters. The molecular weight excluding hydrogens is 257 g/mol. The minimum absolute atomic E-state index is 0.0542. The van der Waals surface area contributed by atoms with Gasteiger partial charge in [-0.2, -0.15) is 0 Å². The van der Waals surface area contributed by atoms with Crippen LogP contribution in [0.3, 0.4) is 0 Å². The third-order valence-electron chi connectivity index (χ3n) is 4.16. The maximum atomic E-state index is 6.22. The summed E-state index contributed by atoms with van der Waals surface area (Å²) in [4.78, 5) is 0. The summed E-state index contributed by atoms with van der Waals surface area (Å²) in [5.41, 5.74) is 1.93. The van der Waals surface area contributed by atoms with Crippen molar-refractivity contribution in [3.05, 3.63) is 71.8 Å². The highest BCUT2D eigenvalue weighted by atomic mass is 16.5. The molecule has 3 rings (SSSR count). The highest BCUT2D eigenvalue weighted by molar-refractivity contribution is 6.25. The molecule has 2 aromatic rings. The lowest BCUT2D eigenvalue weighted by Crippen LogP contribution is -2.50. The van der Waals surface area contributed by atoms with Crippen LogP contribution < -0.4 is 5.23 Å². The standard InChI is InChI=1S/C18H21BNO/c1-17(2,3)16-18(21-19-20-16,14-10-6-4-7-11-14)15-12-8-5-9-13-15/h4-13,16,20H,1-3H3/t16-/m0/s1. The third kappa shape index (κ3) is 2.41. The molecule has 107 valence electrons. The zero-order chi connectivity index (χ0) is 14.9. The van der Waals surface area contributed by atoms with Crippen molar-refractivity contribution in [3.63, 3.8) is 0 Å². The summed E-state index contributed by atoms with van der Waals surface area (Å²) in [7, 11) is 1.75. The van der Waals surface area contributed by atoms with Crippen LogP contribution in [0.5, 0.6) is 0 Å². The molecule has 1 N–H and O–H groups in total. The van der Waals surface area contributed by atoms with Gasteiger partial charge in [-0.1, -0.05) is 81.4 Å². The molecule has 1 heterocycles. The van der Waals surface area contributed by atoms with Crippen LogP contribution in [0.15, 0.2) is 60.7 Å². The first-order valence-electron chi connectivity index (χ1n) is 7.42. The van der Waals surface area contributed by atoms with Crippen LogP contribution in [-0.2, 0) is 10.3 Å². The SMILES string of the molecule is CC(C)(C)[C@@H]1N[B]OC1(c1ccccc1)c1ccccc1. The summed E-state index contributed by atoms with van der Waals surface area (Å²) in [6, 6.07) is 21.1. The molecule has 0 bridgehead atoms. The van der Waals surface area contributed by atoms with Crippen LogP contribution in [-0.4, -0.2) is 13.7 Å². The Bertz CT molecular complexity index is 552. The van der Waals surface area contributed by atoms with Crippen LogP contribution in [0.1, 0.15) is 31.9 Å². The van der Waals surface area contributed by atoms with Gasteiger partial charge in [0.2, 0.25) is 0 Å². The second kappa shape index (κ2) is 5.32. The van der Waals surface area contributed by atoms with E-state index in [0.717, 1.165) is 0 Å². The zero-order valence-electron chi connectivity index (χ0n) is 12.8. The van der Waals surface area contributed by atoms with E-state index in [4.69, 9.17) is 4.65 Å². The Kier molecular flexibility index (Phi) is 3.64. The van der Waals surface area contributed by atoms with E-state index in [9.17, 15) is 0 Å². The number of benzene rings is 2. The van der Waals surface area contributed by atoms with Gasteiger partial charge >= 0.3 is 7.62 Å². The van der Waals surface area contributed by atoms with E-state index in [0.29, 0.717) is 0 Å². The van der Waals surface area contributed by atoms with Gasteiger partial charge < -0.3 is 9.88 Å². The van der Waals surface area contributed by atoms with Crippen LogP contribution in [0.4, 0.5) is 0 Å². The van der Waals surface area contributed by atoms with Gasteiger partial charge in [-0.3, -0.25) is 0 Å². The third-order valence-corrected chi connectivity index (χ3v) is 4.16. The molecule has 3 heteroatoms. The molecule has 0 amide bonds. The van der Waals surface area contributed by atoms with Gasteiger partial charge in [-0.25, -0.2) is 0 Å². The highest BCUT2D eigenvalue weighted by Gasteiger charge is 2.51. The second-order valence-electron chi connectivity index (χ2n) is 6.67. The summed E-state index contributed by atoms with van der Waals surface area (Å²) in [5, 5.41) is 3.44. The van der Waals surface area contributed by atoms with Crippen molar-refractivity contribution in [3.8, 4) is 0 Å². The fraction of sp³-hybridized carbons (Fsp3) is 0.333. The number of rotatable bonds is 2. The van der Waals surface area contributed by atoms with Crippen molar-refractivity contribution in [2.24, 2.45) is 5.41 Å². The zero-order valence-corrected chi connectivity index (χ0v) is 12.8. The maximum absolute atomic E-state index is 6.22. The van der Waals surface area contributed by atoms with E-state index in [1.54, 1.807) is 7.62 Å². The molecule has 2 aromatic carbocycles. The van der Waals surface area contributed by atoms with E-state index in [1.165, 1.54) is 11.1 Å². The summed E-state index contributed by atoms with van der Waals surface area (Å²) in [6.07, 6.45) is 0. The van der Waals surface area contributed by atoms with Gasteiger partial charge in [0, 0.05) is 6.04 Å². The summed E-state index contributed by atoms with van der Waals surface area (Å²) < 4.78 is 6.22. The maximum Gasteiger partial charge on any atom is 0.397 e. The minimum Gasteiger partial charge on any atom is -0.409 e. The molecule has 1 aliphatic rings. The normalized spacial score (nSPS) is 21.0. The van der Waals surface area contributed by atoms with Gasteiger partial charge in [0.1, 0.15) is 5.60 Å². The van der Waals surface area contributed by atoms with Gasteiger partial charge in [0.05, 0.1) is 0 Å². The molecule has 1 aliphatic heterocycles. The molecule has 1 radical (unpaired) electrons. The second-order valence-corrected chi connectivity index (χ2v) is 6.67. The average molecular weight is 278 g/mol. The lowest BCUT2D eigenvalue weighted by molar-refractivity contribution is 0.0688. The van der Waals surface area contributed by atoms with Crippen LogP contribution in [0.2, 0.25) is 0 Å². The first-order valence-corrected chi connectivity index (χ1v) is 7.42. The Morgan fingerprint density at radius 3 is 1.81 bits per heavy atom. The quantitative estimate of drug-likeness (QED) is 0.849. The first kappa shape index (κ1) is 14.4. The average Bonchev–Trinajstić information content (AvgIpc) is 2.95. The molecule has 2 nitrogen and oxygen atoms in total. The summed E-state index contributed by atoms with van der Waals surface area (Å²) in [5.74, 6) is 0. The van der Waals surface area contributed by atoms with Crippen LogP contribution in [0.25, 0.3) is 0 Å². The molecule has 0 saturated carbocycles. The predicted octanol–water partition coefficient (Wildman–Crippen LogP) is 3.50. The Balaban J connectivity index is 2.21. The van der Waals surface area contributed by atoms with Crippen LogP contribution in [0, 0.1) is 5.41 Å². The van der Waals surface area contributed by atoms with E-state index in [-0.39, 0.29) is 11.5 Å². The lowest BCUT2D eigenvalue weighted by Gasteiger charge is -2.42. The van der Waals surface area contributed by atoms with Crippen molar-refractivity contribution in [1.29, 1.82) is 0 Å². The number of hydrogen-bond acceptors (Lipinski definition) is 2. The van der Waals surface area contributed by atoms with E-state index >= 15 is 0 Å². The Morgan fingerprint density at radius 2 is 1.38 bits per heavy atom. The highest BCUT2D eigenvalue weighted by Crippen LogP contribution is 2.45. The smallest absolute Gasteiger partial charge is 0.397 e. The molecule has 21 heavy (non-hydrogen) atoms. The Labute approximate surface area is 127 Å². The van der Waals surface area contributed by atoms with Gasteiger partial charge in [-0.15, -0.1) is 0 Å². The van der Waals surface area contributed by atoms with Gasteiger partial charge in [0.15, 0.2) is 0 Å². The summed E-state index contributed by atoms with van der Waals surface area (Å²) >= 11 is 0. The van der Waals surface area contributed by atoms with Crippen molar-refractivity contribution < 1.29 is 4.65 Å². The number of nitrogens with one attached hydrogen (secondary N) is 1. The molecule has 0 aromatic heterocycles. The molecule has 0 spiro atoms. The largest absolute Gasteiger partial charge is 0.409 e. The summed E-state index contributed by atoms with van der Waals surface area (Å²) in [6.45, 7) is 6.73. The van der Waals surface area contributed by atoms with Gasteiger partial charge in [-0.05, 0) is 16.5 Å². The first-order chi connectivity index (χ1) is 10.0. The van der Waals surface area contributed by atoms with Crippen molar-refractivity contribution >= 4 is 7.62 Å². The number of hydrogen-bond donors (Lipinski definition) is 1. The van der Waals surface area contributed by atoms with Crippen molar-refractivity contribution in [2.75, 3.05) is 0 Å². The molecule has 1 saturated heterocycles. The van der Waals surface area contributed by atoms with E-state index in [1.807, 2.05) is 12.1 Å². The molecule has 0 aliphatic carbocycles. The monoisotopic (exact) mass is 278 g/mol. The van der Waals surface area contributed by atoms with E-state index < -0.39 is 5.60 Å². The predicted molar refractivity (Wildman–Crippen MR) is 86.9 cm³/mol. The fourth-order valence-corrected chi connectivity index (χ4v) is 3.25. The van der Waals surface area contributed by atoms with Gasteiger partial charge in [0.25, 0.3) is 0 Å². The molecule has 1 atom stereocenters. The Morgan fingerprint density at radius 1 is 0.905 bits per heavy atom. The molecule has 1 fully saturated rings. The van der Waals surface area contributed by atoms with Crippen molar-refractivity contribution in [2.45, 2.75) is 32.4 Å². The topological polar surface area (TPSA) is 21.3 Å². The van der Waals surface area contributed by atoms with Crippen LogP contribution >= 0.6 is 0 Å². The fourth-order valence-electron chi connectivity index (χ4n) is 3.25. The molecular formula is C18H21BNO. The Hall–Kier alpha value is -1.58. The van der Waals surface area contributed by atoms with E-state index in [2.05, 4.69) is 74.5 Å². The van der Waals surface area contributed by atoms with Crippen molar-refractivity contribution in [1.82, 2.24) is 5.23 Å².